The van der Waals surface area contributed by atoms with Crippen molar-refractivity contribution in [1.29, 1.82) is 0 Å². The molecule has 0 aromatic heterocycles. The molecular weight excluding hydrogens is 224 g/mol. The summed E-state index contributed by atoms with van der Waals surface area (Å²) in [5, 5.41) is 3.44. The summed E-state index contributed by atoms with van der Waals surface area (Å²) >= 11 is 0. The molecule has 0 saturated carbocycles. The van der Waals surface area contributed by atoms with Crippen LogP contribution >= 0.6 is 0 Å². The number of hydrogen-bond acceptors (Lipinski definition) is 3. The van der Waals surface area contributed by atoms with Crippen molar-refractivity contribution in [2.75, 3.05) is 13.2 Å². The molecule has 1 aromatic rings. The van der Waals surface area contributed by atoms with Crippen molar-refractivity contribution in [3.05, 3.63) is 35.4 Å². The van der Waals surface area contributed by atoms with Crippen LogP contribution in [-0.2, 0) is 11.2 Å². The Morgan fingerprint density at radius 1 is 1.39 bits per heavy atom. The number of rotatable bonds is 3. The summed E-state index contributed by atoms with van der Waals surface area (Å²) in [6, 6.07) is 9.20. The number of nitrogens with zero attached hydrogens (tertiary/aromatic N) is 1. The molecule has 3 rings (SSSR count). The van der Waals surface area contributed by atoms with E-state index < -0.39 is 0 Å². The SMILES string of the molecule is Cc1ccccc1CC1COC(C2CCCN2)=N1. The first-order valence-electron chi connectivity index (χ1n) is 6.81. The van der Waals surface area contributed by atoms with Crippen LogP contribution in [-0.4, -0.2) is 31.1 Å². The maximum atomic E-state index is 5.75. The molecule has 0 bridgehead atoms. The second-order valence-electron chi connectivity index (χ2n) is 5.21. The van der Waals surface area contributed by atoms with Gasteiger partial charge in [-0.05, 0) is 43.9 Å². The predicted octanol–water partition coefficient (Wildman–Crippen LogP) is 2.09. The quantitative estimate of drug-likeness (QED) is 0.883. The normalized spacial score (nSPS) is 27.1. The molecule has 0 radical (unpaired) electrons. The van der Waals surface area contributed by atoms with E-state index in [4.69, 9.17) is 9.73 Å². The second kappa shape index (κ2) is 5.11. The standard InChI is InChI=1S/C15H20N2O/c1-11-5-2-3-6-12(11)9-13-10-18-15(17-13)14-7-4-8-16-14/h2-3,5-6,13-14,16H,4,7-10H2,1H3. The van der Waals surface area contributed by atoms with Crippen LogP contribution < -0.4 is 5.32 Å². The molecule has 0 aliphatic carbocycles. The first-order valence-corrected chi connectivity index (χ1v) is 6.81. The highest BCUT2D eigenvalue weighted by molar-refractivity contribution is 5.83. The van der Waals surface area contributed by atoms with Crippen molar-refractivity contribution in [3.63, 3.8) is 0 Å². The molecule has 1 aromatic carbocycles. The molecular formula is C15H20N2O. The summed E-state index contributed by atoms with van der Waals surface area (Å²) in [5.41, 5.74) is 2.73. The number of aryl methyl sites for hydroxylation is 1. The molecule has 18 heavy (non-hydrogen) atoms. The first-order chi connectivity index (χ1) is 8.83. The van der Waals surface area contributed by atoms with Gasteiger partial charge in [0.25, 0.3) is 0 Å². The maximum Gasteiger partial charge on any atom is 0.201 e. The van der Waals surface area contributed by atoms with Crippen molar-refractivity contribution < 1.29 is 4.74 Å². The van der Waals surface area contributed by atoms with E-state index in [-0.39, 0.29) is 0 Å². The largest absolute Gasteiger partial charge is 0.478 e. The Bertz CT molecular complexity index is 450. The van der Waals surface area contributed by atoms with Crippen LogP contribution in [0, 0.1) is 6.92 Å². The van der Waals surface area contributed by atoms with E-state index in [0.717, 1.165) is 31.9 Å². The Morgan fingerprint density at radius 3 is 3.06 bits per heavy atom. The van der Waals surface area contributed by atoms with Gasteiger partial charge in [0.15, 0.2) is 0 Å². The third kappa shape index (κ3) is 2.41. The fraction of sp³-hybridized carbons (Fsp3) is 0.533. The number of ether oxygens (including phenoxy) is 1. The van der Waals surface area contributed by atoms with Crippen molar-refractivity contribution >= 4 is 5.90 Å². The Labute approximate surface area is 108 Å². The average molecular weight is 244 g/mol. The molecule has 0 spiro atoms. The van der Waals surface area contributed by atoms with Crippen LogP contribution in [0.5, 0.6) is 0 Å². The van der Waals surface area contributed by atoms with Crippen molar-refractivity contribution in [2.45, 2.75) is 38.3 Å². The van der Waals surface area contributed by atoms with E-state index >= 15 is 0 Å². The Morgan fingerprint density at radius 2 is 2.28 bits per heavy atom. The van der Waals surface area contributed by atoms with Crippen LogP contribution in [0.15, 0.2) is 29.3 Å². The topological polar surface area (TPSA) is 33.6 Å². The van der Waals surface area contributed by atoms with Crippen LogP contribution in [0.1, 0.15) is 24.0 Å². The van der Waals surface area contributed by atoms with E-state index in [1.54, 1.807) is 0 Å². The molecule has 96 valence electrons. The molecule has 0 amide bonds. The average Bonchev–Trinajstić information content (AvgIpc) is 3.02. The van der Waals surface area contributed by atoms with Crippen LogP contribution in [0.2, 0.25) is 0 Å². The summed E-state index contributed by atoms with van der Waals surface area (Å²) in [5.74, 6) is 0.936. The zero-order valence-electron chi connectivity index (χ0n) is 10.9. The van der Waals surface area contributed by atoms with E-state index in [1.807, 2.05) is 0 Å². The molecule has 3 heteroatoms. The summed E-state index contributed by atoms with van der Waals surface area (Å²) < 4.78 is 5.75. The molecule has 3 nitrogen and oxygen atoms in total. The van der Waals surface area contributed by atoms with Gasteiger partial charge in [0.05, 0.1) is 12.1 Å². The molecule has 2 aliphatic heterocycles. The smallest absolute Gasteiger partial charge is 0.201 e. The Balaban J connectivity index is 1.66. The minimum Gasteiger partial charge on any atom is -0.478 e. The van der Waals surface area contributed by atoms with Gasteiger partial charge >= 0.3 is 0 Å². The fourth-order valence-electron chi connectivity index (χ4n) is 2.72. The lowest BCUT2D eigenvalue weighted by Crippen LogP contribution is -2.30. The Kier molecular flexibility index (Phi) is 3.33. The summed E-state index contributed by atoms with van der Waals surface area (Å²) in [4.78, 5) is 4.74. The molecule has 2 atom stereocenters. The minimum atomic E-state index is 0.295. The van der Waals surface area contributed by atoms with Gasteiger partial charge in [-0.15, -0.1) is 0 Å². The van der Waals surface area contributed by atoms with Crippen LogP contribution in [0.4, 0.5) is 0 Å². The molecule has 1 saturated heterocycles. The predicted molar refractivity (Wildman–Crippen MR) is 73.1 cm³/mol. The highest BCUT2D eigenvalue weighted by Gasteiger charge is 2.28. The van der Waals surface area contributed by atoms with Crippen molar-refractivity contribution in [1.82, 2.24) is 5.32 Å². The van der Waals surface area contributed by atoms with Crippen LogP contribution in [0.25, 0.3) is 0 Å². The maximum absolute atomic E-state index is 5.75. The molecule has 2 aliphatic rings. The zero-order valence-corrected chi connectivity index (χ0v) is 10.9. The molecule has 2 unspecified atom stereocenters. The van der Waals surface area contributed by atoms with Gasteiger partial charge in [0.2, 0.25) is 5.90 Å². The highest BCUT2D eigenvalue weighted by atomic mass is 16.5. The molecule has 1 N–H and O–H groups in total. The van der Waals surface area contributed by atoms with Gasteiger partial charge < -0.3 is 10.1 Å². The van der Waals surface area contributed by atoms with Gasteiger partial charge in [-0.2, -0.15) is 0 Å². The number of hydrogen-bond donors (Lipinski definition) is 1. The number of nitrogens with one attached hydrogen (secondary N) is 1. The third-order valence-electron chi connectivity index (χ3n) is 3.81. The third-order valence-corrected chi connectivity index (χ3v) is 3.81. The van der Waals surface area contributed by atoms with E-state index in [2.05, 4.69) is 36.5 Å². The number of aliphatic imine (C=N–C) groups is 1. The summed E-state index contributed by atoms with van der Waals surface area (Å²) in [6.07, 6.45) is 3.38. The number of benzene rings is 1. The summed E-state index contributed by atoms with van der Waals surface area (Å²) in [6.45, 7) is 3.99. The van der Waals surface area contributed by atoms with Gasteiger partial charge in [-0.1, -0.05) is 24.3 Å². The van der Waals surface area contributed by atoms with Gasteiger partial charge in [0.1, 0.15) is 6.61 Å². The van der Waals surface area contributed by atoms with Gasteiger partial charge in [-0.3, -0.25) is 0 Å². The molecule has 1 fully saturated rings. The van der Waals surface area contributed by atoms with E-state index in [9.17, 15) is 0 Å². The van der Waals surface area contributed by atoms with Crippen molar-refractivity contribution in [3.8, 4) is 0 Å². The first kappa shape index (κ1) is 11.7. The van der Waals surface area contributed by atoms with Gasteiger partial charge in [0, 0.05) is 0 Å². The van der Waals surface area contributed by atoms with Gasteiger partial charge in [-0.25, -0.2) is 4.99 Å². The van der Waals surface area contributed by atoms with E-state index in [1.165, 1.54) is 17.5 Å². The molecule has 2 heterocycles. The van der Waals surface area contributed by atoms with Crippen LogP contribution in [0.3, 0.4) is 0 Å². The Hall–Kier alpha value is -1.35. The van der Waals surface area contributed by atoms with E-state index in [0.29, 0.717) is 12.1 Å². The minimum absolute atomic E-state index is 0.295. The highest BCUT2D eigenvalue weighted by Crippen LogP contribution is 2.18. The monoisotopic (exact) mass is 244 g/mol. The zero-order chi connectivity index (χ0) is 12.4. The lowest BCUT2D eigenvalue weighted by Gasteiger charge is -2.08. The fourth-order valence-corrected chi connectivity index (χ4v) is 2.72. The summed E-state index contributed by atoms with van der Waals surface area (Å²) in [7, 11) is 0. The van der Waals surface area contributed by atoms with Crippen molar-refractivity contribution in [2.24, 2.45) is 4.99 Å². The lowest BCUT2D eigenvalue weighted by atomic mass is 10.0. The lowest BCUT2D eigenvalue weighted by molar-refractivity contribution is 0.302. The second-order valence-corrected chi connectivity index (χ2v) is 5.21.